The van der Waals surface area contributed by atoms with Crippen LogP contribution in [0.15, 0.2) is 30.3 Å². The Morgan fingerprint density at radius 1 is 1.17 bits per heavy atom. The summed E-state index contributed by atoms with van der Waals surface area (Å²) in [5, 5.41) is 3.62. The number of nitrogens with zero attached hydrogens (tertiary/aromatic N) is 1. The topological polar surface area (TPSA) is 84.9 Å². The summed E-state index contributed by atoms with van der Waals surface area (Å²) in [5.41, 5.74) is 1.69. The average Bonchev–Trinajstić information content (AvgIpc) is 2.86. The molecule has 0 spiro atoms. The van der Waals surface area contributed by atoms with E-state index in [1.807, 2.05) is 12.1 Å². The molecule has 3 rings (SSSR count). The first-order valence-electron chi connectivity index (χ1n) is 12.1. The SMILES string of the molecule is CCS(=O)(=O)N1CCC(CC(=O)NCc2ccc(Cl)c(Oc3ccc(OC)c(C(C)C)c3)c2Cl)CC1. The van der Waals surface area contributed by atoms with E-state index in [0.29, 0.717) is 59.5 Å². The number of hydrogen-bond acceptors (Lipinski definition) is 5. The molecule has 1 aliphatic heterocycles. The van der Waals surface area contributed by atoms with Gasteiger partial charge in [0, 0.05) is 31.6 Å². The number of sulfonamides is 1. The first kappa shape index (κ1) is 28.6. The average molecular weight is 558 g/mol. The molecule has 2 aromatic carbocycles. The minimum Gasteiger partial charge on any atom is -0.496 e. The number of carbonyl (C=O) groups excluding carboxylic acids is 1. The summed E-state index contributed by atoms with van der Waals surface area (Å²) < 4.78 is 37.1. The number of benzene rings is 2. The zero-order valence-corrected chi connectivity index (χ0v) is 23.5. The lowest BCUT2D eigenvalue weighted by molar-refractivity contribution is -0.122. The summed E-state index contributed by atoms with van der Waals surface area (Å²) in [4.78, 5) is 12.6. The molecular weight excluding hydrogens is 523 g/mol. The molecular formula is C26H34Cl2N2O5S. The third-order valence-electron chi connectivity index (χ3n) is 6.45. The van der Waals surface area contributed by atoms with Crippen LogP contribution in [0.2, 0.25) is 10.0 Å². The van der Waals surface area contributed by atoms with Gasteiger partial charge in [-0.3, -0.25) is 4.79 Å². The summed E-state index contributed by atoms with van der Waals surface area (Å²) in [7, 11) is -1.54. The van der Waals surface area contributed by atoms with Crippen LogP contribution >= 0.6 is 23.2 Å². The number of nitrogens with one attached hydrogen (secondary N) is 1. The van der Waals surface area contributed by atoms with Crippen molar-refractivity contribution in [1.82, 2.24) is 9.62 Å². The minimum atomic E-state index is -3.18. The Balaban J connectivity index is 1.62. The Kier molecular flexibility index (Phi) is 9.92. The van der Waals surface area contributed by atoms with E-state index < -0.39 is 10.0 Å². The quantitative estimate of drug-likeness (QED) is 0.388. The van der Waals surface area contributed by atoms with Crippen LogP contribution in [0.3, 0.4) is 0 Å². The third kappa shape index (κ3) is 7.06. The molecule has 1 fully saturated rings. The number of piperidine rings is 1. The van der Waals surface area contributed by atoms with Crippen LogP contribution in [-0.2, 0) is 21.4 Å². The summed E-state index contributed by atoms with van der Waals surface area (Å²) in [6.45, 7) is 6.94. The van der Waals surface area contributed by atoms with Gasteiger partial charge >= 0.3 is 0 Å². The van der Waals surface area contributed by atoms with Crippen LogP contribution in [0.5, 0.6) is 17.2 Å². The molecule has 198 valence electrons. The van der Waals surface area contributed by atoms with Crippen molar-refractivity contribution in [2.75, 3.05) is 26.0 Å². The van der Waals surface area contributed by atoms with Crippen LogP contribution in [-0.4, -0.2) is 44.6 Å². The maximum absolute atomic E-state index is 12.6. The number of ether oxygens (including phenoxy) is 2. The van der Waals surface area contributed by atoms with Gasteiger partial charge in [0.25, 0.3) is 0 Å². The van der Waals surface area contributed by atoms with Crippen molar-refractivity contribution in [2.24, 2.45) is 5.92 Å². The first-order chi connectivity index (χ1) is 17.1. The van der Waals surface area contributed by atoms with Gasteiger partial charge < -0.3 is 14.8 Å². The molecule has 0 atom stereocenters. The van der Waals surface area contributed by atoms with Crippen LogP contribution in [0.1, 0.15) is 57.1 Å². The highest BCUT2D eigenvalue weighted by molar-refractivity contribution is 7.89. The van der Waals surface area contributed by atoms with Crippen molar-refractivity contribution in [1.29, 1.82) is 0 Å². The van der Waals surface area contributed by atoms with Crippen LogP contribution in [0.4, 0.5) is 0 Å². The van der Waals surface area contributed by atoms with E-state index in [-0.39, 0.29) is 30.0 Å². The molecule has 1 saturated heterocycles. The summed E-state index contributed by atoms with van der Waals surface area (Å²) >= 11 is 13.0. The predicted molar refractivity (Wildman–Crippen MR) is 144 cm³/mol. The van der Waals surface area contributed by atoms with Gasteiger partial charge in [-0.1, -0.05) is 43.1 Å². The van der Waals surface area contributed by atoms with Gasteiger partial charge in [-0.2, -0.15) is 0 Å². The molecule has 1 N–H and O–H groups in total. The molecule has 7 nitrogen and oxygen atoms in total. The van der Waals surface area contributed by atoms with Crippen LogP contribution in [0, 0.1) is 5.92 Å². The molecule has 36 heavy (non-hydrogen) atoms. The van der Waals surface area contributed by atoms with Gasteiger partial charge in [0.1, 0.15) is 11.5 Å². The molecule has 1 heterocycles. The fourth-order valence-electron chi connectivity index (χ4n) is 4.25. The van der Waals surface area contributed by atoms with E-state index in [0.717, 1.165) is 11.3 Å². The van der Waals surface area contributed by atoms with E-state index in [4.69, 9.17) is 32.7 Å². The highest BCUT2D eigenvalue weighted by atomic mass is 35.5. The number of methoxy groups -OCH3 is 1. The van der Waals surface area contributed by atoms with E-state index in [9.17, 15) is 13.2 Å². The second kappa shape index (κ2) is 12.5. The summed E-state index contributed by atoms with van der Waals surface area (Å²) in [6, 6.07) is 9.00. The Morgan fingerprint density at radius 3 is 2.47 bits per heavy atom. The number of amides is 1. The molecule has 1 aliphatic rings. The van der Waals surface area contributed by atoms with E-state index in [2.05, 4.69) is 19.2 Å². The zero-order valence-electron chi connectivity index (χ0n) is 21.1. The summed E-state index contributed by atoms with van der Waals surface area (Å²) in [6.07, 6.45) is 1.69. The van der Waals surface area contributed by atoms with E-state index in [1.54, 1.807) is 32.2 Å². The fraction of sp³-hybridized carbons (Fsp3) is 0.500. The molecule has 10 heteroatoms. The molecule has 0 saturated carbocycles. The largest absolute Gasteiger partial charge is 0.496 e. The number of rotatable bonds is 10. The van der Waals surface area contributed by atoms with E-state index in [1.165, 1.54) is 4.31 Å². The first-order valence-corrected chi connectivity index (χ1v) is 14.5. The number of hydrogen-bond donors (Lipinski definition) is 1. The van der Waals surface area contributed by atoms with Crippen LogP contribution < -0.4 is 14.8 Å². The lowest BCUT2D eigenvalue weighted by Crippen LogP contribution is -2.40. The van der Waals surface area contributed by atoms with Crippen molar-refractivity contribution in [3.8, 4) is 17.2 Å². The van der Waals surface area contributed by atoms with Crippen LogP contribution in [0.25, 0.3) is 0 Å². The molecule has 0 aliphatic carbocycles. The number of halogens is 2. The van der Waals surface area contributed by atoms with Gasteiger partial charge in [0.2, 0.25) is 15.9 Å². The Morgan fingerprint density at radius 2 is 1.86 bits per heavy atom. The Labute approximate surface area is 224 Å². The predicted octanol–water partition coefficient (Wildman–Crippen LogP) is 5.99. The monoisotopic (exact) mass is 556 g/mol. The zero-order chi connectivity index (χ0) is 26.5. The van der Waals surface area contributed by atoms with Crippen molar-refractivity contribution < 1.29 is 22.7 Å². The fourth-order valence-corrected chi connectivity index (χ4v) is 5.90. The maximum atomic E-state index is 12.6. The highest BCUT2D eigenvalue weighted by Crippen LogP contribution is 2.40. The minimum absolute atomic E-state index is 0.1000. The van der Waals surface area contributed by atoms with Crippen molar-refractivity contribution in [2.45, 2.75) is 52.5 Å². The molecule has 0 aromatic heterocycles. The standard InChI is InChI=1S/C26H34Cl2N2O5S/c1-5-36(32,33)30-12-10-18(11-13-30)14-24(31)29-16-19-6-8-22(27)26(25(19)28)35-20-7-9-23(34-4)21(15-20)17(2)3/h6-9,15,17-18H,5,10-14,16H2,1-4H3,(H,29,31). The molecule has 1 amide bonds. The molecule has 2 aromatic rings. The Hall–Kier alpha value is -2.00. The van der Waals surface area contributed by atoms with Gasteiger partial charge in [-0.25, -0.2) is 12.7 Å². The van der Waals surface area contributed by atoms with E-state index >= 15 is 0 Å². The molecule has 0 radical (unpaired) electrons. The van der Waals surface area contributed by atoms with Gasteiger partial charge in [0.15, 0.2) is 5.75 Å². The van der Waals surface area contributed by atoms with Crippen molar-refractivity contribution in [3.63, 3.8) is 0 Å². The summed E-state index contributed by atoms with van der Waals surface area (Å²) in [5.74, 6) is 2.08. The second-order valence-electron chi connectivity index (χ2n) is 9.23. The Bertz CT molecular complexity index is 1180. The van der Waals surface area contributed by atoms with Crippen molar-refractivity contribution in [3.05, 3.63) is 51.5 Å². The third-order valence-corrected chi connectivity index (χ3v) is 9.05. The number of carbonyl (C=O) groups is 1. The maximum Gasteiger partial charge on any atom is 0.220 e. The normalized spacial score (nSPS) is 15.2. The smallest absolute Gasteiger partial charge is 0.220 e. The molecule has 0 unspecified atom stereocenters. The van der Waals surface area contributed by atoms with Crippen molar-refractivity contribution >= 4 is 39.1 Å². The highest BCUT2D eigenvalue weighted by Gasteiger charge is 2.27. The van der Waals surface area contributed by atoms with Gasteiger partial charge in [-0.15, -0.1) is 0 Å². The molecule has 0 bridgehead atoms. The lowest BCUT2D eigenvalue weighted by atomic mass is 9.94. The second-order valence-corrected chi connectivity index (χ2v) is 12.3. The van der Waals surface area contributed by atoms with Gasteiger partial charge in [-0.05, 0) is 61.4 Å². The lowest BCUT2D eigenvalue weighted by Gasteiger charge is -2.30. The van der Waals surface area contributed by atoms with Gasteiger partial charge in [0.05, 0.1) is 22.9 Å².